The molecule has 4 aromatic carbocycles. The van der Waals surface area contributed by atoms with Gasteiger partial charge in [-0.1, -0.05) is 54.6 Å². The SMILES string of the molecule is CN(Cc1c2ccccc2cc2ccccc12)c1cc(C#N)ccc1B1OC(C)(C)C(C)(C)O1. The number of benzene rings is 4. The highest BCUT2D eigenvalue weighted by molar-refractivity contribution is 6.64. The molecule has 0 amide bonds. The van der Waals surface area contributed by atoms with Crippen LogP contribution < -0.4 is 10.4 Å². The van der Waals surface area contributed by atoms with Crippen molar-refractivity contribution in [3.8, 4) is 6.07 Å². The fourth-order valence-corrected chi connectivity index (χ4v) is 4.71. The van der Waals surface area contributed by atoms with Gasteiger partial charge in [0.05, 0.1) is 22.8 Å². The van der Waals surface area contributed by atoms with Crippen LogP contribution in [0.25, 0.3) is 21.5 Å². The zero-order valence-electron chi connectivity index (χ0n) is 20.4. The van der Waals surface area contributed by atoms with E-state index in [1.165, 1.54) is 27.1 Å². The Morgan fingerprint density at radius 1 is 0.824 bits per heavy atom. The van der Waals surface area contributed by atoms with E-state index in [0.29, 0.717) is 12.1 Å². The normalized spacial score (nSPS) is 16.6. The van der Waals surface area contributed by atoms with Crippen LogP contribution in [0.5, 0.6) is 0 Å². The largest absolute Gasteiger partial charge is 0.496 e. The van der Waals surface area contributed by atoms with Crippen molar-refractivity contribution >= 4 is 39.8 Å². The number of fused-ring (bicyclic) bond motifs is 2. The van der Waals surface area contributed by atoms with Crippen LogP contribution >= 0.6 is 0 Å². The summed E-state index contributed by atoms with van der Waals surface area (Å²) in [4.78, 5) is 2.20. The van der Waals surface area contributed by atoms with Crippen LogP contribution in [-0.4, -0.2) is 25.4 Å². The standard InChI is InChI=1S/C29H29BN2O2/c1-28(2)29(3,4)34-30(33-28)26-15-14-20(18-31)16-27(26)32(5)19-25-23-12-8-6-10-21(23)17-22-11-7-9-13-24(22)25/h6-17H,19H2,1-5H3. The fourth-order valence-electron chi connectivity index (χ4n) is 4.71. The first-order valence-corrected chi connectivity index (χ1v) is 11.7. The van der Waals surface area contributed by atoms with Crippen molar-refractivity contribution in [1.29, 1.82) is 5.26 Å². The summed E-state index contributed by atoms with van der Waals surface area (Å²) in [7, 11) is 1.57. The van der Waals surface area contributed by atoms with Gasteiger partial charge in [0.15, 0.2) is 0 Å². The van der Waals surface area contributed by atoms with Gasteiger partial charge in [-0.05, 0) is 73.0 Å². The van der Waals surface area contributed by atoms with Crippen LogP contribution in [0.4, 0.5) is 5.69 Å². The molecule has 0 spiro atoms. The van der Waals surface area contributed by atoms with Crippen molar-refractivity contribution < 1.29 is 9.31 Å². The minimum atomic E-state index is -0.501. The molecular weight excluding hydrogens is 419 g/mol. The smallest absolute Gasteiger partial charge is 0.399 e. The van der Waals surface area contributed by atoms with E-state index in [2.05, 4.69) is 100 Å². The van der Waals surface area contributed by atoms with Crippen molar-refractivity contribution in [2.75, 3.05) is 11.9 Å². The molecule has 4 aromatic rings. The molecule has 1 aliphatic heterocycles. The Bertz CT molecular complexity index is 1370. The van der Waals surface area contributed by atoms with Gasteiger partial charge in [-0.2, -0.15) is 5.26 Å². The lowest BCUT2D eigenvalue weighted by molar-refractivity contribution is 0.00578. The summed E-state index contributed by atoms with van der Waals surface area (Å²) in [6.45, 7) is 8.92. The Balaban J connectivity index is 1.61. The van der Waals surface area contributed by atoms with Crippen molar-refractivity contribution in [1.82, 2.24) is 0 Å². The Morgan fingerprint density at radius 2 is 1.38 bits per heavy atom. The number of nitriles is 1. The van der Waals surface area contributed by atoms with Gasteiger partial charge in [0.2, 0.25) is 0 Å². The first-order chi connectivity index (χ1) is 16.2. The third-order valence-corrected chi connectivity index (χ3v) is 7.36. The van der Waals surface area contributed by atoms with E-state index < -0.39 is 18.3 Å². The molecule has 0 radical (unpaired) electrons. The molecule has 0 unspecified atom stereocenters. The van der Waals surface area contributed by atoms with Gasteiger partial charge in [0.1, 0.15) is 0 Å². The summed E-state index contributed by atoms with van der Waals surface area (Å²) >= 11 is 0. The number of rotatable bonds is 4. The minimum absolute atomic E-state index is 0.437. The monoisotopic (exact) mass is 448 g/mol. The number of anilines is 1. The quantitative estimate of drug-likeness (QED) is 0.292. The zero-order chi connectivity index (χ0) is 24.1. The summed E-state index contributed by atoms with van der Waals surface area (Å²) in [6.07, 6.45) is 0. The average molecular weight is 448 g/mol. The summed E-state index contributed by atoms with van der Waals surface area (Å²) in [5, 5.41) is 14.5. The third kappa shape index (κ3) is 3.74. The molecule has 0 aliphatic carbocycles. The minimum Gasteiger partial charge on any atom is -0.399 e. The van der Waals surface area contributed by atoms with Gasteiger partial charge in [-0.3, -0.25) is 0 Å². The highest BCUT2D eigenvalue weighted by atomic mass is 16.7. The molecule has 170 valence electrons. The number of hydrogen-bond acceptors (Lipinski definition) is 4. The first kappa shape index (κ1) is 22.5. The van der Waals surface area contributed by atoms with Crippen molar-refractivity contribution in [3.63, 3.8) is 0 Å². The predicted octanol–water partition coefficient (Wildman–Crippen LogP) is 5.80. The molecule has 0 N–H and O–H groups in total. The van der Waals surface area contributed by atoms with E-state index in [1.54, 1.807) is 0 Å². The Kier molecular flexibility index (Phi) is 5.39. The van der Waals surface area contributed by atoms with Gasteiger partial charge >= 0.3 is 7.12 Å². The van der Waals surface area contributed by atoms with Gasteiger partial charge in [0, 0.05) is 24.7 Å². The molecule has 0 saturated carbocycles. The van der Waals surface area contributed by atoms with Crippen LogP contribution in [0.3, 0.4) is 0 Å². The summed E-state index contributed by atoms with van der Waals surface area (Å²) < 4.78 is 12.7. The summed E-state index contributed by atoms with van der Waals surface area (Å²) in [6, 6.07) is 27.3. The lowest BCUT2D eigenvalue weighted by Crippen LogP contribution is -2.41. The van der Waals surface area contributed by atoms with E-state index in [1.807, 2.05) is 18.2 Å². The van der Waals surface area contributed by atoms with Crippen LogP contribution in [-0.2, 0) is 15.9 Å². The molecule has 5 rings (SSSR count). The summed E-state index contributed by atoms with van der Waals surface area (Å²) in [5.41, 5.74) is 2.88. The third-order valence-electron chi connectivity index (χ3n) is 7.36. The number of nitrogens with zero attached hydrogens (tertiary/aromatic N) is 2. The second-order valence-corrected chi connectivity index (χ2v) is 10.1. The van der Waals surface area contributed by atoms with Crippen LogP contribution in [0.15, 0.2) is 72.8 Å². The molecule has 5 heteroatoms. The molecule has 0 aromatic heterocycles. The maximum Gasteiger partial charge on any atom is 0.496 e. The Hall–Kier alpha value is -3.33. The molecule has 1 aliphatic rings. The van der Waals surface area contributed by atoms with Crippen LogP contribution in [0.2, 0.25) is 0 Å². The highest BCUT2D eigenvalue weighted by Gasteiger charge is 2.52. The molecule has 0 bridgehead atoms. The fraction of sp³-hybridized carbons (Fsp3) is 0.276. The maximum atomic E-state index is 9.61. The van der Waals surface area contributed by atoms with Gasteiger partial charge in [-0.15, -0.1) is 0 Å². The van der Waals surface area contributed by atoms with E-state index in [4.69, 9.17) is 9.31 Å². The van der Waals surface area contributed by atoms with Crippen molar-refractivity contribution in [3.05, 3.63) is 83.9 Å². The van der Waals surface area contributed by atoms with Gasteiger partial charge in [-0.25, -0.2) is 0 Å². The molecule has 1 heterocycles. The predicted molar refractivity (Wildman–Crippen MR) is 140 cm³/mol. The van der Waals surface area contributed by atoms with Gasteiger partial charge < -0.3 is 14.2 Å². The molecule has 0 atom stereocenters. The molecule has 4 nitrogen and oxygen atoms in total. The van der Waals surface area contributed by atoms with Crippen LogP contribution in [0.1, 0.15) is 38.8 Å². The molecule has 34 heavy (non-hydrogen) atoms. The molecular formula is C29H29BN2O2. The van der Waals surface area contributed by atoms with E-state index in [0.717, 1.165) is 11.2 Å². The van der Waals surface area contributed by atoms with Crippen LogP contribution in [0, 0.1) is 11.3 Å². The van der Waals surface area contributed by atoms with E-state index in [9.17, 15) is 5.26 Å². The second kappa shape index (κ2) is 8.16. The van der Waals surface area contributed by atoms with E-state index in [-0.39, 0.29) is 0 Å². The average Bonchev–Trinajstić information content (AvgIpc) is 3.04. The number of hydrogen-bond donors (Lipinski definition) is 0. The topological polar surface area (TPSA) is 45.5 Å². The van der Waals surface area contributed by atoms with Crippen molar-refractivity contribution in [2.24, 2.45) is 0 Å². The van der Waals surface area contributed by atoms with Crippen molar-refractivity contribution in [2.45, 2.75) is 45.4 Å². The maximum absolute atomic E-state index is 9.61. The van der Waals surface area contributed by atoms with Gasteiger partial charge in [0.25, 0.3) is 0 Å². The first-order valence-electron chi connectivity index (χ1n) is 11.7. The zero-order valence-corrected chi connectivity index (χ0v) is 20.4. The van der Waals surface area contributed by atoms with E-state index >= 15 is 0 Å². The second-order valence-electron chi connectivity index (χ2n) is 10.1. The Morgan fingerprint density at radius 3 is 1.94 bits per heavy atom. The molecule has 1 saturated heterocycles. The molecule has 1 fully saturated rings. The lowest BCUT2D eigenvalue weighted by Gasteiger charge is -2.32. The Labute approximate surface area is 201 Å². The summed E-state index contributed by atoms with van der Waals surface area (Å²) in [5.74, 6) is 0. The highest BCUT2D eigenvalue weighted by Crippen LogP contribution is 2.37. The lowest BCUT2D eigenvalue weighted by atomic mass is 9.77.